The summed E-state index contributed by atoms with van der Waals surface area (Å²) in [5, 5.41) is 4.77. The second-order valence-corrected chi connectivity index (χ2v) is 15.7. The lowest BCUT2D eigenvalue weighted by Gasteiger charge is -2.44. The molecule has 4 unspecified atom stereocenters. The van der Waals surface area contributed by atoms with E-state index in [0.29, 0.717) is 23.3 Å². The molecule has 2 aliphatic rings. The van der Waals surface area contributed by atoms with Gasteiger partial charge in [0.2, 0.25) is 0 Å². The number of allylic oxidation sites excluding steroid dienone is 4. The maximum absolute atomic E-state index is 2.55. The molecule has 0 saturated heterocycles. The van der Waals surface area contributed by atoms with Crippen LogP contribution in [0, 0.1) is 59.3 Å². The highest BCUT2D eigenvalue weighted by Gasteiger charge is 2.55. The summed E-state index contributed by atoms with van der Waals surface area (Å²) in [7, 11) is -2.44. The molecule has 2 aliphatic carbocycles. The van der Waals surface area contributed by atoms with Crippen molar-refractivity contribution in [2.24, 2.45) is 17.8 Å². The Labute approximate surface area is 213 Å². The van der Waals surface area contributed by atoms with Crippen LogP contribution in [0.2, 0.25) is 5.54 Å². The van der Waals surface area contributed by atoms with Crippen LogP contribution in [0.4, 0.5) is 0 Å². The second-order valence-electron chi connectivity index (χ2n) is 11.7. The Morgan fingerprint density at radius 3 is 1.31 bits per heavy atom. The third-order valence-corrected chi connectivity index (χ3v) is 14.1. The van der Waals surface area contributed by atoms with E-state index in [-0.39, 0.29) is 0 Å². The van der Waals surface area contributed by atoms with Gasteiger partial charge in [-0.1, -0.05) is 119 Å². The van der Waals surface area contributed by atoms with E-state index in [0.717, 1.165) is 0 Å². The van der Waals surface area contributed by atoms with Crippen molar-refractivity contribution < 1.29 is 0 Å². The molecule has 0 radical (unpaired) electrons. The van der Waals surface area contributed by atoms with Crippen LogP contribution in [0.15, 0.2) is 78.9 Å². The second kappa shape index (κ2) is 9.10. The van der Waals surface area contributed by atoms with Crippen LogP contribution in [-0.4, -0.2) is 8.07 Å². The summed E-state index contributed by atoms with van der Waals surface area (Å²) in [6.45, 7) is 16.2. The van der Waals surface area contributed by atoms with Crippen LogP contribution in [-0.2, 0) is 0 Å². The van der Waals surface area contributed by atoms with Crippen molar-refractivity contribution in [3.05, 3.63) is 112 Å². The number of benzene rings is 3. The van der Waals surface area contributed by atoms with Gasteiger partial charge in [0.1, 0.15) is 0 Å². The van der Waals surface area contributed by atoms with Crippen molar-refractivity contribution >= 4 is 23.6 Å². The molecule has 0 aromatic heterocycles. The lowest BCUT2D eigenvalue weighted by atomic mass is 9.92. The number of aryl methyl sites for hydroxylation is 6. The summed E-state index contributed by atoms with van der Waals surface area (Å²) in [6.07, 6.45) is 10.9. The number of rotatable bonds is 4. The van der Waals surface area contributed by atoms with Gasteiger partial charge >= 0.3 is 0 Å². The minimum atomic E-state index is -2.44. The summed E-state index contributed by atoms with van der Waals surface area (Å²) in [4.78, 5) is 0. The molecular weight excluding hydrogens is 436 g/mol. The van der Waals surface area contributed by atoms with Crippen molar-refractivity contribution in [1.82, 2.24) is 0 Å². The molecule has 0 amide bonds. The van der Waals surface area contributed by atoms with Crippen LogP contribution in [0.5, 0.6) is 0 Å². The fourth-order valence-corrected chi connectivity index (χ4v) is 14.5. The van der Waals surface area contributed by atoms with Crippen molar-refractivity contribution in [2.75, 3.05) is 0 Å². The first-order valence-electron chi connectivity index (χ1n) is 13.3. The van der Waals surface area contributed by atoms with Crippen molar-refractivity contribution in [1.29, 1.82) is 0 Å². The van der Waals surface area contributed by atoms with E-state index in [1.165, 1.54) is 39.8 Å². The highest BCUT2D eigenvalue weighted by Crippen LogP contribution is 2.52. The molecule has 0 N–H and O–H groups in total. The normalized spacial score (nSPS) is 23.5. The number of hydrogen-bond acceptors (Lipinski definition) is 0. The fourth-order valence-electron chi connectivity index (χ4n) is 7.65. The summed E-state index contributed by atoms with van der Waals surface area (Å²) in [5.74, 6) is 1.89. The molecule has 4 atom stereocenters. The third-order valence-electron chi connectivity index (χ3n) is 8.50. The monoisotopic (exact) mass is 476 g/mol. The largest absolute Gasteiger partial charge is 0.152 e. The van der Waals surface area contributed by atoms with Gasteiger partial charge in [0.15, 0.2) is 8.07 Å². The summed E-state index contributed by atoms with van der Waals surface area (Å²) < 4.78 is 0. The highest BCUT2D eigenvalue weighted by atomic mass is 28.3. The van der Waals surface area contributed by atoms with Crippen molar-refractivity contribution in [2.45, 2.75) is 60.4 Å². The van der Waals surface area contributed by atoms with Crippen molar-refractivity contribution in [3.8, 4) is 0 Å². The zero-order valence-electron chi connectivity index (χ0n) is 22.5. The van der Waals surface area contributed by atoms with Gasteiger partial charge < -0.3 is 0 Å². The van der Waals surface area contributed by atoms with E-state index in [1.807, 2.05) is 0 Å². The maximum Gasteiger partial charge on any atom is 0.152 e. The molecule has 0 aliphatic heterocycles. The molecule has 0 bridgehead atoms. The standard InChI is InChI=1S/C34H40Si/c1-22-12-23(2)16-30(15-22)35(31-17-24(3)13-25(4)18-31,32-19-26(5)14-27(6)20-32)34-28(7)21-29-10-8-9-11-33(29)34/h8-20,28-29,33-34H,21H2,1-7H3. The first kappa shape index (κ1) is 24.1. The third kappa shape index (κ3) is 4.19. The van der Waals surface area contributed by atoms with Crippen LogP contribution < -0.4 is 15.6 Å². The Morgan fingerprint density at radius 2 is 0.914 bits per heavy atom. The lowest BCUT2D eigenvalue weighted by molar-refractivity contribution is 0.547. The summed E-state index contributed by atoms with van der Waals surface area (Å²) in [6, 6.07) is 22.3. The predicted octanol–water partition coefficient (Wildman–Crippen LogP) is 6.78. The molecular formula is C34H40Si. The van der Waals surface area contributed by atoms with Gasteiger partial charge in [-0.05, 0) is 86.8 Å². The molecule has 5 rings (SSSR count). The topological polar surface area (TPSA) is 0 Å². The van der Waals surface area contributed by atoms with Crippen LogP contribution in [0.25, 0.3) is 0 Å². The first-order valence-corrected chi connectivity index (χ1v) is 15.4. The first-order chi connectivity index (χ1) is 16.7. The Kier molecular flexibility index (Phi) is 6.26. The van der Waals surface area contributed by atoms with E-state index in [1.54, 1.807) is 15.6 Å². The van der Waals surface area contributed by atoms with E-state index in [9.17, 15) is 0 Å². The number of fused-ring (bicyclic) bond motifs is 1. The molecule has 0 spiro atoms. The van der Waals surface area contributed by atoms with Gasteiger partial charge in [-0.3, -0.25) is 0 Å². The zero-order valence-corrected chi connectivity index (χ0v) is 23.5. The van der Waals surface area contributed by atoms with E-state index < -0.39 is 8.07 Å². The Bertz CT molecular complexity index is 1140. The van der Waals surface area contributed by atoms with E-state index >= 15 is 0 Å². The minimum Gasteiger partial charge on any atom is -0.0808 e. The Hall–Kier alpha value is -2.64. The minimum absolute atomic E-state index is 0.587. The smallest absolute Gasteiger partial charge is 0.0808 e. The summed E-state index contributed by atoms with van der Waals surface area (Å²) in [5.41, 5.74) is 8.90. The summed E-state index contributed by atoms with van der Waals surface area (Å²) >= 11 is 0. The van der Waals surface area contributed by atoms with Crippen LogP contribution in [0.1, 0.15) is 46.7 Å². The van der Waals surface area contributed by atoms with Crippen molar-refractivity contribution in [3.63, 3.8) is 0 Å². The SMILES string of the molecule is Cc1cc(C)cc([Si](c2cc(C)cc(C)c2)(c2cc(C)cc(C)c2)C2C(C)CC3C=CC=CC32)c1. The molecule has 1 fully saturated rings. The molecule has 0 nitrogen and oxygen atoms in total. The molecule has 1 heteroatoms. The van der Waals surface area contributed by atoms with Gasteiger partial charge in [-0.15, -0.1) is 0 Å². The average molecular weight is 477 g/mol. The van der Waals surface area contributed by atoms with E-state index in [4.69, 9.17) is 0 Å². The van der Waals surface area contributed by atoms with Gasteiger partial charge in [0.05, 0.1) is 0 Å². The number of hydrogen-bond donors (Lipinski definition) is 0. The molecule has 35 heavy (non-hydrogen) atoms. The van der Waals surface area contributed by atoms with Gasteiger partial charge in [0, 0.05) is 0 Å². The predicted molar refractivity (Wildman–Crippen MR) is 155 cm³/mol. The molecule has 180 valence electrons. The maximum atomic E-state index is 2.55. The Morgan fingerprint density at radius 1 is 0.543 bits per heavy atom. The molecule has 3 aromatic rings. The molecule has 0 heterocycles. The highest BCUT2D eigenvalue weighted by molar-refractivity contribution is 7.12. The zero-order chi connectivity index (χ0) is 24.9. The molecule has 1 saturated carbocycles. The molecule has 3 aromatic carbocycles. The fraction of sp³-hybridized carbons (Fsp3) is 0.353. The lowest BCUT2D eigenvalue weighted by Crippen LogP contribution is -2.71. The van der Waals surface area contributed by atoms with Crippen LogP contribution in [0.3, 0.4) is 0 Å². The van der Waals surface area contributed by atoms with Gasteiger partial charge in [0.25, 0.3) is 0 Å². The van der Waals surface area contributed by atoms with Crippen LogP contribution >= 0.6 is 0 Å². The Balaban J connectivity index is 1.95. The van der Waals surface area contributed by atoms with Gasteiger partial charge in [-0.25, -0.2) is 0 Å². The average Bonchev–Trinajstić information content (AvgIpc) is 3.09. The van der Waals surface area contributed by atoms with E-state index in [2.05, 4.69) is 127 Å². The quantitative estimate of drug-likeness (QED) is 0.288. The van der Waals surface area contributed by atoms with Gasteiger partial charge in [-0.2, -0.15) is 0 Å².